The Balaban J connectivity index is 2.05. The second-order valence-electron chi connectivity index (χ2n) is 3.75. The van der Waals surface area contributed by atoms with E-state index in [0.29, 0.717) is 10.0 Å². The Hall–Kier alpha value is -1.92. The van der Waals surface area contributed by atoms with Crippen molar-refractivity contribution in [3.63, 3.8) is 0 Å². The third-order valence-corrected chi connectivity index (χ3v) is 3.29. The number of rotatable bonds is 3. The lowest BCUT2D eigenvalue weighted by molar-refractivity contribution is 0.0955. The summed E-state index contributed by atoms with van der Waals surface area (Å²) in [6.45, 7) is 0. The van der Waals surface area contributed by atoms with E-state index < -0.39 is 5.91 Å². The van der Waals surface area contributed by atoms with Crippen molar-refractivity contribution in [1.82, 2.24) is 10.4 Å². The van der Waals surface area contributed by atoms with Crippen molar-refractivity contribution >= 4 is 39.7 Å². The van der Waals surface area contributed by atoms with Crippen molar-refractivity contribution in [2.45, 2.75) is 0 Å². The first-order chi connectivity index (χ1) is 9.58. The fourth-order valence-electron chi connectivity index (χ4n) is 1.38. The summed E-state index contributed by atoms with van der Waals surface area (Å²) in [6, 6.07) is 8.01. The SMILES string of the molecule is O=C(NN=Cc1ccc(O)c(Br)c1)c1cccnc1Cl. The summed E-state index contributed by atoms with van der Waals surface area (Å²) in [7, 11) is 0. The van der Waals surface area contributed by atoms with Crippen LogP contribution in [0.25, 0.3) is 0 Å². The van der Waals surface area contributed by atoms with Crippen LogP contribution in [-0.2, 0) is 0 Å². The number of carbonyl (C=O) groups is 1. The second kappa shape index (κ2) is 6.49. The van der Waals surface area contributed by atoms with E-state index in [9.17, 15) is 9.90 Å². The molecule has 0 aliphatic rings. The summed E-state index contributed by atoms with van der Waals surface area (Å²) in [5.74, 6) is -0.314. The van der Waals surface area contributed by atoms with Gasteiger partial charge in [-0.25, -0.2) is 10.4 Å². The summed E-state index contributed by atoms with van der Waals surface area (Å²) in [5, 5.41) is 13.3. The van der Waals surface area contributed by atoms with Crippen LogP contribution < -0.4 is 5.43 Å². The Morgan fingerprint density at radius 1 is 1.45 bits per heavy atom. The predicted octanol–water partition coefficient (Wildman–Crippen LogP) is 2.97. The fourth-order valence-corrected chi connectivity index (χ4v) is 1.99. The molecule has 1 heterocycles. The lowest BCUT2D eigenvalue weighted by Crippen LogP contribution is -2.18. The highest BCUT2D eigenvalue weighted by Gasteiger charge is 2.09. The van der Waals surface area contributed by atoms with Crippen molar-refractivity contribution < 1.29 is 9.90 Å². The van der Waals surface area contributed by atoms with E-state index in [1.54, 1.807) is 24.3 Å². The van der Waals surface area contributed by atoms with Crippen LogP contribution in [0, 0.1) is 0 Å². The number of halogens is 2. The highest BCUT2D eigenvalue weighted by Crippen LogP contribution is 2.23. The highest BCUT2D eigenvalue weighted by molar-refractivity contribution is 9.10. The number of nitrogens with one attached hydrogen (secondary N) is 1. The topological polar surface area (TPSA) is 74.6 Å². The lowest BCUT2D eigenvalue weighted by atomic mass is 10.2. The molecule has 0 aliphatic heterocycles. The van der Waals surface area contributed by atoms with Crippen molar-refractivity contribution in [3.8, 4) is 5.75 Å². The number of phenolic OH excluding ortho intramolecular Hbond substituents is 1. The quantitative estimate of drug-likeness (QED) is 0.505. The molecule has 0 saturated heterocycles. The molecule has 0 bridgehead atoms. The molecule has 0 atom stereocenters. The van der Waals surface area contributed by atoms with E-state index in [-0.39, 0.29) is 16.5 Å². The first-order valence-corrected chi connectivity index (χ1v) is 6.67. The van der Waals surface area contributed by atoms with Crippen LogP contribution in [0.4, 0.5) is 0 Å². The number of hydrogen-bond donors (Lipinski definition) is 2. The predicted molar refractivity (Wildman–Crippen MR) is 80.1 cm³/mol. The Morgan fingerprint density at radius 2 is 2.25 bits per heavy atom. The molecular weight excluding hydrogens is 346 g/mol. The van der Waals surface area contributed by atoms with E-state index >= 15 is 0 Å². The first kappa shape index (κ1) is 14.5. The summed E-state index contributed by atoms with van der Waals surface area (Å²) >= 11 is 8.98. The Bertz CT molecular complexity index is 676. The second-order valence-corrected chi connectivity index (χ2v) is 4.96. The Morgan fingerprint density at radius 3 is 2.95 bits per heavy atom. The molecule has 0 aliphatic carbocycles. The largest absolute Gasteiger partial charge is 0.507 e. The average Bonchev–Trinajstić information content (AvgIpc) is 2.43. The van der Waals surface area contributed by atoms with Crippen molar-refractivity contribution in [3.05, 3.63) is 57.3 Å². The van der Waals surface area contributed by atoms with Gasteiger partial charge >= 0.3 is 0 Å². The van der Waals surface area contributed by atoms with Gasteiger partial charge in [0.15, 0.2) is 0 Å². The van der Waals surface area contributed by atoms with Gasteiger partial charge in [-0.05, 0) is 51.8 Å². The summed E-state index contributed by atoms with van der Waals surface area (Å²) in [5.41, 5.74) is 3.31. The fraction of sp³-hybridized carbons (Fsp3) is 0. The number of benzene rings is 1. The van der Waals surface area contributed by atoms with E-state index in [2.05, 4.69) is 31.4 Å². The Labute approximate surface area is 128 Å². The molecule has 1 aromatic carbocycles. The molecule has 0 radical (unpaired) electrons. The number of carbonyl (C=O) groups excluding carboxylic acids is 1. The molecule has 0 fully saturated rings. The molecule has 5 nitrogen and oxygen atoms in total. The molecular formula is C13H9BrClN3O2. The number of aromatic nitrogens is 1. The molecule has 7 heteroatoms. The van der Waals surface area contributed by atoms with Gasteiger partial charge in [-0.2, -0.15) is 5.10 Å². The van der Waals surface area contributed by atoms with E-state index in [1.165, 1.54) is 18.5 Å². The zero-order valence-corrected chi connectivity index (χ0v) is 12.4. The van der Waals surface area contributed by atoms with Gasteiger partial charge in [-0.1, -0.05) is 11.6 Å². The lowest BCUT2D eigenvalue weighted by Gasteiger charge is -2.01. The molecule has 0 saturated carbocycles. The molecule has 0 spiro atoms. The van der Waals surface area contributed by atoms with Gasteiger partial charge in [0.25, 0.3) is 5.91 Å². The van der Waals surface area contributed by atoms with Gasteiger partial charge < -0.3 is 5.11 Å². The van der Waals surface area contributed by atoms with Crippen molar-refractivity contribution in [2.75, 3.05) is 0 Å². The van der Waals surface area contributed by atoms with Gasteiger partial charge in [-0.3, -0.25) is 4.79 Å². The van der Waals surface area contributed by atoms with Gasteiger partial charge in [-0.15, -0.1) is 0 Å². The molecule has 2 aromatic rings. The molecule has 0 unspecified atom stereocenters. The van der Waals surface area contributed by atoms with Crippen LogP contribution in [0.5, 0.6) is 5.75 Å². The van der Waals surface area contributed by atoms with Gasteiger partial charge in [0, 0.05) is 6.20 Å². The Kier molecular flexibility index (Phi) is 4.70. The normalized spacial score (nSPS) is 10.7. The molecule has 1 amide bonds. The van der Waals surface area contributed by atoms with E-state index in [4.69, 9.17) is 11.6 Å². The van der Waals surface area contributed by atoms with Crippen LogP contribution in [0.1, 0.15) is 15.9 Å². The highest BCUT2D eigenvalue weighted by atomic mass is 79.9. The maximum absolute atomic E-state index is 11.8. The minimum Gasteiger partial charge on any atom is -0.507 e. The minimum absolute atomic E-state index is 0.118. The number of hydrazone groups is 1. The summed E-state index contributed by atoms with van der Waals surface area (Å²) < 4.78 is 0.545. The zero-order chi connectivity index (χ0) is 14.5. The monoisotopic (exact) mass is 353 g/mol. The van der Waals surface area contributed by atoms with Crippen LogP contribution >= 0.6 is 27.5 Å². The summed E-state index contributed by atoms with van der Waals surface area (Å²) in [6.07, 6.45) is 2.95. The van der Waals surface area contributed by atoms with Crippen molar-refractivity contribution in [2.24, 2.45) is 5.10 Å². The van der Waals surface area contributed by atoms with E-state index in [1.807, 2.05) is 0 Å². The molecule has 1 aromatic heterocycles. The molecule has 2 N–H and O–H groups in total. The molecule has 20 heavy (non-hydrogen) atoms. The summed E-state index contributed by atoms with van der Waals surface area (Å²) in [4.78, 5) is 15.6. The zero-order valence-electron chi connectivity index (χ0n) is 10.0. The maximum atomic E-state index is 11.8. The average molecular weight is 355 g/mol. The number of pyridine rings is 1. The minimum atomic E-state index is -0.447. The number of aromatic hydroxyl groups is 1. The van der Waals surface area contributed by atoms with Crippen LogP contribution in [-0.4, -0.2) is 22.2 Å². The number of amides is 1. The van der Waals surface area contributed by atoms with E-state index in [0.717, 1.165) is 0 Å². The number of phenols is 1. The van der Waals surface area contributed by atoms with Gasteiger partial charge in [0.2, 0.25) is 0 Å². The standard InChI is InChI=1S/C13H9BrClN3O2/c14-10-6-8(3-4-11(10)19)7-17-18-13(20)9-2-1-5-16-12(9)15/h1-7,19H,(H,18,20). The van der Waals surface area contributed by atoms with Crippen LogP contribution in [0.2, 0.25) is 5.15 Å². The third kappa shape index (κ3) is 3.55. The smallest absolute Gasteiger partial charge is 0.274 e. The molecule has 102 valence electrons. The van der Waals surface area contributed by atoms with Crippen molar-refractivity contribution in [1.29, 1.82) is 0 Å². The maximum Gasteiger partial charge on any atom is 0.274 e. The first-order valence-electron chi connectivity index (χ1n) is 5.50. The van der Waals surface area contributed by atoms with Crippen LogP contribution in [0.3, 0.4) is 0 Å². The van der Waals surface area contributed by atoms with Gasteiger partial charge in [0.1, 0.15) is 10.9 Å². The van der Waals surface area contributed by atoms with Gasteiger partial charge in [0.05, 0.1) is 16.3 Å². The van der Waals surface area contributed by atoms with Crippen LogP contribution in [0.15, 0.2) is 46.1 Å². The number of nitrogens with zero attached hydrogens (tertiary/aromatic N) is 2. The third-order valence-electron chi connectivity index (χ3n) is 2.36. The number of hydrogen-bond acceptors (Lipinski definition) is 4. The molecule has 2 rings (SSSR count).